The number of aryl methyl sites for hydroxylation is 1. The van der Waals surface area contributed by atoms with Gasteiger partial charge in [-0.3, -0.25) is 15.2 Å². The summed E-state index contributed by atoms with van der Waals surface area (Å²) < 4.78 is 0.854. The molecule has 90 valence electrons. The molecule has 0 aliphatic heterocycles. The third-order valence-corrected chi connectivity index (χ3v) is 3.79. The number of nitrogen functional groups attached to an aromatic ring is 1. The Morgan fingerprint density at radius 3 is 3.06 bits per heavy atom. The number of aromatic amines is 1. The summed E-state index contributed by atoms with van der Waals surface area (Å²) in [6, 6.07) is 1.43. The second-order valence-corrected chi connectivity index (χ2v) is 5.51. The second kappa shape index (κ2) is 5.25. The van der Waals surface area contributed by atoms with Crippen LogP contribution in [0, 0.1) is 6.92 Å². The van der Waals surface area contributed by atoms with E-state index in [4.69, 9.17) is 5.84 Å². The standard InChI is InChI=1S/C8H10N6OS2/c1-4-13-14-8(17-4)16-3-5-2-6(15)11-7(10-5)12-9/h2H,3,9H2,1H3,(H2,10,11,12,15). The van der Waals surface area contributed by atoms with E-state index in [-0.39, 0.29) is 11.5 Å². The van der Waals surface area contributed by atoms with Crippen molar-refractivity contribution in [3.05, 3.63) is 27.1 Å². The molecular formula is C8H10N6OS2. The Kier molecular flexibility index (Phi) is 3.71. The Balaban J connectivity index is 2.08. The van der Waals surface area contributed by atoms with Gasteiger partial charge in [0.2, 0.25) is 5.95 Å². The highest BCUT2D eigenvalue weighted by Crippen LogP contribution is 2.24. The van der Waals surface area contributed by atoms with Gasteiger partial charge in [-0.1, -0.05) is 23.1 Å². The summed E-state index contributed by atoms with van der Waals surface area (Å²) in [6.45, 7) is 1.89. The minimum atomic E-state index is -0.239. The van der Waals surface area contributed by atoms with Crippen molar-refractivity contribution in [1.29, 1.82) is 0 Å². The van der Waals surface area contributed by atoms with Gasteiger partial charge in [0.05, 0.1) is 5.69 Å². The zero-order valence-electron chi connectivity index (χ0n) is 8.93. The summed E-state index contributed by atoms with van der Waals surface area (Å²) in [4.78, 5) is 17.8. The molecule has 0 bridgehead atoms. The van der Waals surface area contributed by atoms with E-state index < -0.39 is 0 Å². The SMILES string of the molecule is Cc1nnc(SCc2cc(=O)[nH]c(NN)n2)s1. The highest BCUT2D eigenvalue weighted by molar-refractivity contribution is 8.00. The molecule has 0 aliphatic carbocycles. The number of hydrazine groups is 1. The van der Waals surface area contributed by atoms with Crippen molar-refractivity contribution in [2.24, 2.45) is 5.84 Å². The Morgan fingerprint density at radius 2 is 2.41 bits per heavy atom. The molecule has 7 nitrogen and oxygen atoms in total. The molecule has 0 aliphatic rings. The van der Waals surface area contributed by atoms with Crippen molar-refractivity contribution in [3.8, 4) is 0 Å². The lowest BCUT2D eigenvalue weighted by atomic mass is 10.4. The average molecular weight is 270 g/mol. The van der Waals surface area contributed by atoms with Crippen LogP contribution < -0.4 is 16.8 Å². The number of rotatable bonds is 4. The van der Waals surface area contributed by atoms with Crippen LogP contribution in [0.5, 0.6) is 0 Å². The van der Waals surface area contributed by atoms with E-state index in [0.717, 1.165) is 9.35 Å². The molecule has 9 heteroatoms. The first-order chi connectivity index (χ1) is 8.17. The highest BCUT2D eigenvalue weighted by atomic mass is 32.2. The fourth-order valence-corrected chi connectivity index (χ4v) is 2.83. The topological polar surface area (TPSA) is 110 Å². The second-order valence-electron chi connectivity index (χ2n) is 3.11. The van der Waals surface area contributed by atoms with Gasteiger partial charge in [-0.2, -0.15) is 0 Å². The largest absolute Gasteiger partial charge is 0.294 e. The van der Waals surface area contributed by atoms with Gasteiger partial charge >= 0.3 is 0 Å². The third-order valence-electron chi connectivity index (χ3n) is 1.78. The van der Waals surface area contributed by atoms with E-state index in [1.165, 1.54) is 29.2 Å². The van der Waals surface area contributed by atoms with Crippen LogP contribution >= 0.6 is 23.1 Å². The monoisotopic (exact) mass is 270 g/mol. The van der Waals surface area contributed by atoms with E-state index >= 15 is 0 Å². The lowest BCUT2D eigenvalue weighted by molar-refractivity contribution is 0.981. The smallest absolute Gasteiger partial charge is 0.252 e. The maximum Gasteiger partial charge on any atom is 0.252 e. The van der Waals surface area contributed by atoms with Gasteiger partial charge in [0.15, 0.2) is 4.34 Å². The van der Waals surface area contributed by atoms with Crippen LogP contribution in [0.2, 0.25) is 0 Å². The summed E-state index contributed by atoms with van der Waals surface area (Å²) in [5, 5.41) is 8.79. The molecule has 0 spiro atoms. The van der Waals surface area contributed by atoms with Crippen molar-refractivity contribution >= 4 is 29.0 Å². The van der Waals surface area contributed by atoms with Crippen LogP contribution in [-0.2, 0) is 5.75 Å². The molecule has 2 aromatic heterocycles. The number of anilines is 1. The average Bonchev–Trinajstić information content (AvgIpc) is 2.72. The fourth-order valence-electron chi connectivity index (χ4n) is 1.12. The summed E-state index contributed by atoms with van der Waals surface area (Å²) in [5.41, 5.74) is 2.71. The fraction of sp³-hybridized carbons (Fsp3) is 0.250. The van der Waals surface area contributed by atoms with E-state index in [9.17, 15) is 4.79 Å². The molecule has 2 aromatic rings. The number of hydrogen-bond acceptors (Lipinski definition) is 8. The Morgan fingerprint density at radius 1 is 1.59 bits per heavy atom. The van der Waals surface area contributed by atoms with Gasteiger partial charge in [0, 0.05) is 11.8 Å². The normalized spacial score (nSPS) is 10.5. The predicted molar refractivity (Wildman–Crippen MR) is 66.9 cm³/mol. The summed E-state index contributed by atoms with van der Waals surface area (Å²) >= 11 is 2.99. The number of nitrogens with two attached hydrogens (primary N) is 1. The molecule has 0 fully saturated rings. The molecule has 4 N–H and O–H groups in total. The molecule has 0 atom stereocenters. The van der Waals surface area contributed by atoms with Crippen molar-refractivity contribution in [2.45, 2.75) is 17.0 Å². The molecule has 0 saturated carbocycles. The lowest BCUT2D eigenvalue weighted by Gasteiger charge is -2.01. The number of hydrogen-bond donors (Lipinski definition) is 3. The first-order valence-corrected chi connectivity index (χ1v) is 6.47. The highest BCUT2D eigenvalue weighted by Gasteiger charge is 2.04. The number of H-pyrrole nitrogens is 1. The minimum Gasteiger partial charge on any atom is -0.294 e. The van der Waals surface area contributed by atoms with Gasteiger partial charge in [0.1, 0.15) is 5.01 Å². The Labute approximate surface area is 105 Å². The van der Waals surface area contributed by atoms with E-state index in [1.54, 1.807) is 0 Å². The molecule has 17 heavy (non-hydrogen) atoms. The van der Waals surface area contributed by atoms with Gasteiger partial charge < -0.3 is 0 Å². The quantitative estimate of drug-likeness (QED) is 0.422. The van der Waals surface area contributed by atoms with Crippen molar-refractivity contribution in [2.75, 3.05) is 5.43 Å². The van der Waals surface area contributed by atoms with Gasteiger partial charge in [0.25, 0.3) is 5.56 Å². The molecule has 0 saturated heterocycles. The molecule has 0 unspecified atom stereocenters. The first kappa shape index (κ1) is 12.0. The van der Waals surface area contributed by atoms with Crippen LogP contribution in [0.15, 0.2) is 15.2 Å². The van der Waals surface area contributed by atoms with E-state index in [1.807, 2.05) is 6.92 Å². The Hall–Kier alpha value is -1.45. The van der Waals surface area contributed by atoms with Gasteiger partial charge in [-0.25, -0.2) is 10.8 Å². The summed E-state index contributed by atoms with van der Waals surface area (Å²) in [7, 11) is 0. The molecular weight excluding hydrogens is 260 g/mol. The van der Waals surface area contributed by atoms with E-state index in [2.05, 4.69) is 25.6 Å². The summed E-state index contributed by atoms with van der Waals surface area (Å²) in [6.07, 6.45) is 0. The third kappa shape index (κ3) is 3.25. The maximum absolute atomic E-state index is 11.3. The lowest BCUT2D eigenvalue weighted by Crippen LogP contribution is -2.17. The molecule has 0 radical (unpaired) electrons. The zero-order chi connectivity index (χ0) is 12.3. The number of nitrogens with one attached hydrogen (secondary N) is 2. The maximum atomic E-state index is 11.3. The zero-order valence-corrected chi connectivity index (χ0v) is 10.6. The van der Waals surface area contributed by atoms with Crippen LogP contribution in [0.1, 0.15) is 10.7 Å². The van der Waals surface area contributed by atoms with Crippen LogP contribution in [0.4, 0.5) is 5.95 Å². The molecule has 0 aromatic carbocycles. The van der Waals surface area contributed by atoms with Crippen molar-refractivity contribution in [3.63, 3.8) is 0 Å². The van der Waals surface area contributed by atoms with Crippen molar-refractivity contribution < 1.29 is 0 Å². The molecule has 0 amide bonds. The number of thioether (sulfide) groups is 1. The van der Waals surface area contributed by atoms with Crippen LogP contribution in [-0.4, -0.2) is 20.2 Å². The van der Waals surface area contributed by atoms with Crippen molar-refractivity contribution in [1.82, 2.24) is 20.2 Å². The number of nitrogens with zero attached hydrogens (tertiary/aromatic N) is 3. The molecule has 2 rings (SSSR count). The van der Waals surface area contributed by atoms with Crippen LogP contribution in [0.3, 0.4) is 0 Å². The Bertz CT molecular complexity index is 565. The minimum absolute atomic E-state index is 0.239. The molecule has 2 heterocycles. The first-order valence-electron chi connectivity index (χ1n) is 4.67. The summed E-state index contributed by atoms with van der Waals surface area (Å²) in [5.74, 6) is 5.99. The van der Waals surface area contributed by atoms with Gasteiger partial charge in [-0.05, 0) is 6.92 Å². The number of aromatic nitrogens is 4. The predicted octanol–water partition coefficient (Wildman–Crippen LogP) is 0.508. The van der Waals surface area contributed by atoms with E-state index in [0.29, 0.717) is 11.4 Å². The van der Waals surface area contributed by atoms with Crippen LogP contribution in [0.25, 0.3) is 0 Å². The van der Waals surface area contributed by atoms with Gasteiger partial charge in [-0.15, -0.1) is 10.2 Å².